The number of benzene rings is 1. The molecular weight excluding hydrogens is 222 g/mol. The van der Waals surface area contributed by atoms with Gasteiger partial charge in [0.25, 0.3) is 6.43 Å². The third kappa shape index (κ3) is 4.40. The molecular formula is C13H20F2N2. The fourth-order valence-corrected chi connectivity index (χ4v) is 1.68. The van der Waals surface area contributed by atoms with Crippen LogP contribution in [0, 0.1) is 0 Å². The van der Waals surface area contributed by atoms with Crippen LogP contribution < -0.4 is 11.1 Å². The van der Waals surface area contributed by atoms with Crippen LogP contribution in [0.1, 0.15) is 36.9 Å². The molecule has 1 aromatic rings. The van der Waals surface area contributed by atoms with Crippen LogP contribution in [-0.2, 0) is 0 Å². The summed E-state index contributed by atoms with van der Waals surface area (Å²) in [6.45, 7) is 4.22. The highest BCUT2D eigenvalue weighted by atomic mass is 19.3. The van der Waals surface area contributed by atoms with E-state index in [1.165, 1.54) is 5.56 Å². The summed E-state index contributed by atoms with van der Waals surface area (Å²) < 4.78 is 24.2. The molecule has 1 aromatic carbocycles. The standard InChI is InChI=1S/C13H20F2N2/c1-9(2)10-3-5-11(6-4-10)12(7-16)17-8-13(14)15/h3-6,9,12-13,17H,7-8,16H2,1-2H3. The van der Waals surface area contributed by atoms with Crippen molar-refractivity contribution in [2.75, 3.05) is 13.1 Å². The van der Waals surface area contributed by atoms with Crippen molar-refractivity contribution in [3.63, 3.8) is 0 Å². The Hall–Kier alpha value is -1.00. The van der Waals surface area contributed by atoms with Crippen LogP contribution in [0.5, 0.6) is 0 Å². The minimum absolute atomic E-state index is 0.204. The van der Waals surface area contributed by atoms with E-state index < -0.39 is 6.43 Å². The van der Waals surface area contributed by atoms with Crippen molar-refractivity contribution in [1.29, 1.82) is 0 Å². The van der Waals surface area contributed by atoms with Gasteiger partial charge in [-0.15, -0.1) is 0 Å². The van der Waals surface area contributed by atoms with Crippen molar-refractivity contribution in [3.05, 3.63) is 35.4 Å². The smallest absolute Gasteiger partial charge is 0.250 e. The topological polar surface area (TPSA) is 38.0 Å². The van der Waals surface area contributed by atoms with Crippen LogP contribution >= 0.6 is 0 Å². The molecule has 1 atom stereocenters. The average Bonchev–Trinajstić information content (AvgIpc) is 2.30. The van der Waals surface area contributed by atoms with Gasteiger partial charge in [0, 0.05) is 12.6 Å². The fraction of sp³-hybridized carbons (Fsp3) is 0.538. The van der Waals surface area contributed by atoms with E-state index in [9.17, 15) is 8.78 Å². The molecule has 0 saturated heterocycles. The first kappa shape index (κ1) is 14.1. The van der Waals surface area contributed by atoms with Gasteiger partial charge in [-0.1, -0.05) is 38.1 Å². The minimum Gasteiger partial charge on any atom is -0.329 e. The van der Waals surface area contributed by atoms with Crippen molar-refractivity contribution >= 4 is 0 Å². The molecule has 0 saturated carbocycles. The summed E-state index contributed by atoms with van der Waals surface area (Å²) in [6, 6.07) is 7.74. The number of halogens is 2. The van der Waals surface area contributed by atoms with E-state index in [0.29, 0.717) is 12.5 Å². The van der Waals surface area contributed by atoms with Gasteiger partial charge in [0.05, 0.1) is 6.54 Å². The van der Waals surface area contributed by atoms with Gasteiger partial charge in [0.1, 0.15) is 0 Å². The van der Waals surface area contributed by atoms with Gasteiger partial charge in [-0.2, -0.15) is 0 Å². The van der Waals surface area contributed by atoms with Gasteiger partial charge in [-0.25, -0.2) is 8.78 Å². The first-order chi connectivity index (χ1) is 8.04. The van der Waals surface area contributed by atoms with E-state index in [1.54, 1.807) is 0 Å². The van der Waals surface area contributed by atoms with E-state index in [1.807, 2.05) is 24.3 Å². The summed E-state index contributed by atoms with van der Waals surface area (Å²) in [5, 5.41) is 2.76. The molecule has 96 valence electrons. The van der Waals surface area contributed by atoms with Crippen LogP contribution in [-0.4, -0.2) is 19.5 Å². The summed E-state index contributed by atoms with van der Waals surface area (Å²) in [5.74, 6) is 0.467. The first-order valence-corrected chi connectivity index (χ1v) is 5.86. The Kier molecular flexibility index (Phi) is 5.51. The lowest BCUT2D eigenvalue weighted by Crippen LogP contribution is -2.31. The molecule has 0 heterocycles. The molecule has 1 rings (SSSR count). The van der Waals surface area contributed by atoms with E-state index in [0.717, 1.165) is 5.56 Å². The maximum Gasteiger partial charge on any atom is 0.250 e. The fourth-order valence-electron chi connectivity index (χ4n) is 1.68. The third-order valence-electron chi connectivity index (χ3n) is 2.76. The van der Waals surface area contributed by atoms with Gasteiger partial charge in [0.2, 0.25) is 0 Å². The second-order valence-corrected chi connectivity index (χ2v) is 4.41. The van der Waals surface area contributed by atoms with Crippen LogP contribution in [0.15, 0.2) is 24.3 Å². The Balaban J connectivity index is 2.68. The highest BCUT2D eigenvalue weighted by molar-refractivity contribution is 5.27. The number of nitrogens with one attached hydrogen (secondary N) is 1. The second kappa shape index (κ2) is 6.67. The van der Waals surface area contributed by atoms with Crippen molar-refractivity contribution < 1.29 is 8.78 Å². The number of alkyl halides is 2. The van der Waals surface area contributed by atoms with E-state index in [2.05, 4.69) is 19.2 Å². The SMILES string of the molecule is CC(C)c1ccc(C(CN)NCC(F)F)cc1. The highest BCUT2D eigenvalue weighted by Gasteiger charge is 2.11. The first-order valence-electron chi connectivity index (χ1n) is 5.86. The molecule has 0 aliphatic rings. The molecule has 0 fully saturated rings. The molecule has 0 aromatic heterocycles. The van der Waals surface area contributed by atoms with Gasteiger partial charge in [-0.3, -0.25) is 0 Å². The molecule has 0 aliphatic carbocycles. The van der Waals surface area contributed by atoms with E-state index in [-0.39, 0.29) is 12.6 Å². The second-order valence-electron chi connectivity index (χ2n) is 4.41. The van der Waals surface area contributed by atoms with E-state index >= 15 is 0 Å². The number of nitrogens with two attached hydrogens (primary N) is 1. The number of hydrogen-bond donors (Lipinski definition) is 2. The molecule has 2 nitrogen and oxygen atoms in total. The van der Waals surface area contributed by atoms with Crippen LogP contribution in [0.4, 0.5) is 8.78 Å². The summed E-state index contributed by atoms with van der Waals surface area (Å²) in [6.07, 6.45) is -2.35. The quantitative estimate of drug-likeness (QED) is 0.805. The number of hydrogen-bond acceptors (Lipinski definition) is 2. The molecule has 0 bridgehead atoms. The zero-order chi connectivity index (χ0) is 12.8. The van der Waals surface area contributed by atoms with Crippen molar-refractivity contribution in [2.45, 2.75) is 32.2 Å². The Labute approximate surface area is 101 Å². The highest BCUT2D eigenvalue weighted by Crippen LogP contribution is 2.18. The lowest BCUT2D eigenvalue weighted by atomic mass is 9.99. The number of rotatable bonds is 6. The maximum absolute atomic E-state index is 12.1. The maximum atomic E-state index is 12.1. The van der Waals surface area contributed by atoms with Crippen molar-refractivity contribution in [1.82, 2.24) is 5.32 Å². The Bertz CT molecular complexity index is 323. The zero-order valence-electron chi connectivity index (χ0n) is 10.3. The van der Waals surface area contributed by atoms with Gasteiger partial charge in [-0.05, 0) is 17.0 Å². The molecule has 4 heteroatoms. The molecule has 0 amide bonds. The summed E-state index contributed by atoms with van der Waals surface area (Å²) in [7, 11) is 0. The van der Waals surface area contributed by atoms with Gasteiger partial charge >= 0.3 is 0 Å². The lowest BCUT2D eigenvalue weighted by molar-refractivity contribution is 0.141. The van der Waals surface area contributed by atoms with Crippen molar-refractivity contribution in [2.24, 2.45) is 5.73 Å². The molecule has 0 radical (unpaired) electrons. The Morgan fingerprint density at radius 1 is 1.12 bits per heavy atom. The van der Waals surface area contributed by atoms with Gasteiger partial charge < -0.3 is 11.1 Å². The lowest BCUT2D eigenvalue weighted by Gasteiger charge is -2.17. The van der Waals surface area contributed by atoms with Crippen LogP contribution in [0.3, 0.4) is 0 Å². The molecule has 0 aliphatic heterocycles. The molecule has 17 heavy (non-hydrogen) atoms. The summed E-state index contributed by atoms with van der Waals surface area (Å²) in [4.78, 5) is 0. The van der Waals surface area contributed by atoms with Crippen LogP contribution in [0.25, 0.3) is 0 Å². The van der Waals surface area contributed by atoms with Crippen LogP contribution in [0.2, 0.25) is 0 Å². The van der Waals surface area contributed by atoms with Crippen molar-refractivity contribution in [3.8, 4) is 0 Å². The molecule has 3 N–H and O–H groups in total. The Morgan fingerprint density at radius 3 is 2.06 bits per heavy atom. The minimum atomic E-state index is -2.35. The normalized spacial score (nSPS) is 13.4. The summed E-state index contributed by atoms with van der Waals surface area (Å²) >= 11 is 0. The van der Waals surface area contributed by atoms with Gasteiger partial charge in [0.15, 0.2) is 0 Å². The zero-order valence-corrected chi connectivity index (χ0v) is 10.3. The predicted octanol–water partition coefficient (Wildman–Crippen LogP) is 2.66. The molecule has 1 unspecified atom stereocenters. The Morgan fingerprint density at radius 2 is 1.65 bits per heavy atom. The predicted molar refractivity (Wildman–Crippen MR) is 66.3 cm³/mol. The molecule has 0 spiro atoms. The average molecular weight is 242 g/mol. The monoisotopic (exact) mass is 242 g/mol. The van der Waals surface area contributed by atoms with E-state index in [4.69, 9.17) is 5.73 Å². The largest absolute Gasteiger partial charge is 0.329 e. The summed E-state index contributed by atoms with van der Waals surface area (Å²) in [5.41, 5.74) is 7.77. The third-order valence-corrected chi connectivity index (χ3v) is 2.76.